The number of hydrogen-bond donors (Lipinski definition) is 0. The summed E-state index contributed by atoms with van der Waals surface area (Å²) in [5, 5.41) is 7.70. The summed E-state index contributed by atoms with van der Waals surface area (Å²) in [6, 6.07) is 11.6. The number of hydrogen-bond acceptors (Lipinski definition) is 2. The Bertz CT molecular complexity index is 595. The van der Waals surface area contributed by atoms with Gasteiger partial charge in [-0.05, 0) is 30.3 Å². The van der Waals surface area contributed by atoms with E-state index in [0.717, 1.165) is 18.2 Å². The molecule has 2 aromatic rings. The number of benzene rings is 2. The number of nitrogens with zero attached hydrogens (tertiary/aromatic N) is 2. The smallest absolute Gasteiger partial charge is 0.166 e. The number of rotatable bonds is 2. The van der Waals surface area contributed by atoms with Crippen molar-refractivity contribution in [2.45, 2.75) is 6.18 Å². The molecule has 2 aromatic carbocycles. The largest absolute Gasteiger partial charge is 0.416 e. The van der Waals surface area contributed by atoms with Crippen molar-refractivity contribution in [3.63, 3.8) is 0 Å². The van der Waals surface area contributed by atoms with Crippen LogP contribution in [0.4, 0.5) is 24.5 Å². The first-order chi connectivity index (χ1) is 8.97. The Morgan fingerprint density at radius 1 is 0.895 bits per heavy atom. The molecule has 0 fully saturated rings. The average Bonchev–Trinajstić information content (AvgIpc) is 2.37. The van der Waals surface area contributed by atoms with Gasteiger partial charge < -0.3 is 0 Å². The molecule has 0 aliphatic heterocycles. The van der Waals surface area contributed by atoms with Crippen molar-refractivity contribution in [1.82, 2.24) is 0 Å². The van der Waals surface area contributed by atoms with Crippen LogP contribution in [0.1, 0.15) is 5.56 Å². The van der Waals surface area contributed by atoms with E-state index in [1.54, 1.807) is 30.3 Å². The highest BCUT2D eigenvalue weighted by Crippen LogP contribution is 2.35. The monoisotopic (exact) mass is 284 g/mol. The van der Waals surface area contributed by atoms with Crippen molar-refractivity contribution in [2.75, 3.05) is 0 Å². The minimum Gasteiger partial charge on any atom is -0.166 e. The summed E-state index contributed by atoms with van der Waals surface area (Å²) in [5.74, 6) is 0. The molecule has 0 saturated heterocycles. The number of halogens is 4. The van der Waals surface area contributed by atoms with Crippen LogP contribution in [0.15, 0.2) is 58.8 Å². The second-order valence-corrected chi connectivity index (χ2v) is 4.11. The van der Waals surface area contributed by atoms with Crippen molar-refractivity contribution in [2.24, 2.45) is 10.2 Å². The Morgan fingerprint density at radius 2 is 1.58 bits per heavy atom. The molecular formula is C13H8ClF3N2. The van der Waals surface area contributed by atoms with Crippen molar-refractivity contribution in [3.8, 4) is 0 Å². The van der Waals surface area contributed by atoms with E-state index in [1.165, 1.54) is 0 Å². The first kappa shape index (κ1) is 13.5. The lowest BCUT2D eigenvalue weighted by Crippen LogP contribution is -2.03. The average molecular weight is 285 g/mol. The van der Waals surface area contributed by atoms with Gasteiger partial charge in [0.2, 0.25) is 0 Å². The van der Waals surface area contributed by atoms with Crippen molar-refractivity contribution in [3.05, 3.63) is 59.1 Å². The molecule has 0 atom stereocenters. The van der Waals surface area contributed by atoms with Crippen LogP contribution >= 0.6 is 11.6 Å². The maximum Gasteiger partial charge on any atom is 0.416 e. The fraction of sp³-hybridized carbons (Fsp3) is 0.0769. The molecule has 19 heavy (non-hydrogen) atoms. The van der Waals surface area contributed by atoms with E-state index < -0.39 is 11.7 Å². The SMILES string of the molecule is FC(F)(F)c1ccc(Cl)c(/N=N/c2ccccc2)c1. The van der Waals surface area contributed by atoms with E-state index in [-0.39, 0.29) is 10.7 Å². The lowest BCUT2D eigenvalue weighted by Gasteiger charge is -2.07. The number of azo groups is 1. The van der Waals surface area contributed by atoms with E-state index in [9.17, 15) is 13.2 Å². The Balaban J connectivity index is 2.32. The molecule has 0 heterocycles. The van der Waals surface area contributed by atoms with Crippen molar-refractivity contribution in [1.29, 1.82) is 0 Å². The summed E-state index contributed by atoms with van der Waals surface area (Å²) in [7, 11) is 0. The summed E-state index contributed by atoms with van der Waals surface area (Å²) in [6.07, 6.45) is -4.43. The van der Waals surface area contributed by atoms with Gasteiger partial charge in [-0.1, -0.05) is 29.8 Å². The molecular weight excluding hydrogens is 277 g/mol. The summed E-state index contributed by atoms with van der Waals surface area (Å²) in [4.78, 5) is 0. The summed E-state index contributed by atoms with van der Waals surface area (Å²) in [5.41, 5.74) is -0.282. The van der Waals surface area contributed by atoms with E-state index in [0.29, 0.717) is 5.69 Å². The van der Waals surface area contributed by atoms with Crippen LogP contribution in [-0.4, -0.2) is 0 Å². The topological polar surface area (TPSA) is 24.7 Å². The van der Waals surface area contributed by atoms with Crippen molar-refractivity contribution < 1.29 is 13.2 Å². The molecule has 2 nitrogen and oxygen atoms in total. The zero-order valence-electron chi connectivity index (χ0n) is 9.53. The van der Waals surface area contributed by atoms with E-state index >= 15 is 0 Å². The van der Waals surface area contributed by atoms with E-state index in [1.807, 2.05) is 0 Å². The van der Waals surface area contributed by atoms with Crippen LogP contribution in [0.2, 0.25) is 5.02 Å². The molecule has 0 saturated carbocycles. The summed E-state index contributed by atoms with van der Waals surface area (Å²) < 4.78 is 37.6. The maximum atomic E-state index is 12.5. The minimum absolute atomic E-state index is 0.0136. The van der Waals surface area contributed by atoms with Crippen LogP contribution in [0.5, 0.6) is 0 Å². The highest BCUT2D eigenvalue weighted by molar-refractivity contribution is 6.32. The highest BCUT2D eigenvalue weighted by atomic mass is 35.5. The van der Waals surface area contributed by atoms with Gasteiger partial charge in [-0.2, -0.15) is 18.3 Å². The maximum absolute atomic E-state index is 12.5. The zero-order chi connectivity index (χ0) is 13.9. The molecule has 0 unspecified atom stereocenters. The van der Waals surface area contributed by atoms with Crippen molar-refractivity contribution >= 4 is 23.0 Å². The van der Waals surface area contributed by atoms with Crippen LogP contribution < -0.4 is 0 Å². The lowest BCUT2D eigenvalue weighted by atomic mass is 10.2. The van der Waals surface area contributed by atoms with Crippen LogP contribution in [-0.2, 0) is 6.18 Å². The normalized spacial score (nSPS) is 12.0. The first-order valence-corrected chi connectivity index (χ1v) is 5.68. The van der Waals surface area contributed by atoms with E-state index in [4.69, 9.17) is 11.6 Å². The van der Waals surface area contributed by atoms with E-state index in [2.05, 4.69) is 10.2 Å². The fourth-order valence-electron chi connectivity index (χ4n) is 1.37. The first-order valence-electron chi connectivity index (χ1n) is 5.30. The van der Waals surface area contributed by atoms with Crippen LogP contribution in [0, 0.1) is 0 Å². The third-order valence-electron chi connectivity index (χ3n) is 2.30. The predicted octanol–water partition coefficient (Wildman–Crippen LogP) is 5.77. The molecule has 0 N–H and O–H groups in total. The predicted molar refractivity (Wildman–Crippen MR) is 67.1 cm³/mol. The van der Waals surface area contributed by atoms with Gasteiger partial charge in [0, 0.05) is 0 Å². The Morgan fingerprint density at radius 3 is 2.21 bits per heavy atom. The van der Waals surface area contributed by atoms with Gasteiger partial charge in [0.15, 0.2) is 0 Å². The Kier molecular flexibility index (Phi) is 3.85. The Labute approximate surface area is 112 Å². The molecule has 98 valence electrons. The molecule has 2 rings (SSSR count). The van der Waals surface area contributed by atoms with Crippen LogP contribution in [0.3, 0.4) is 0 Å². The third-order valence-corrected chi connectivity index (χ3v) is 2.62. The fourth-order valence-corrected chi connectivity index (χ4v) is 1.53. The molecule has 0 bridgehead atoms. The molecule has 0 aliphatic carbocycles. The molecule has 0 radical (unpaired) electrons. The van der Waals surface area contributed by atoms with Gasteiger partial charge in [-0.25, -0.2) is 0 Å². The van der Waals surface area contributed by atoms with Gasteiger partial charge in [0.05, 0.1) is 16.3 Å². The Hall–Kier alpha value is -1.88. The molecule has 0 aromatic heterocycles. The second-order valence-electron chi connectivity index (χ2n) is 3.70. The van der Waals surface area contributed by atoms with Gasteiger partial charge in [-0.3, -0.25) is 0 Å². The molecule has 0 amide bonds. The number of alkyl halides is 3. The summed E-state index contributed by atoms with van der Waals surface area (Å²) in [6.45, 7) is 0. The summed E-state index contributed by atoms with van der Waals surface area (Å²) >= 11 is 5.79. The molecule has 0 spiro atoms. The highest BCUT2D eigenvalue weighted by Gasteiger charge is 2.30. The molecule has 0 aliphatic rings. The van der Waals surface area contributed by atoms with Crippen LogP contribution in [0.25, 0.3) is 0 Å². The standard InChI is InChI=1S/C13H8ClF3N2/c14-11-7-6-9(13(15,16)17)8-12(11)19-18-10-4-2-1-3-5-10/h1-8H/b19-18+. The minimum atomic E-state index is -4.43. The van der Waals surface area contributed by atoms with Gasteiger partial charge in [-0.15, -0.1) is 5.11 Å². The van der Waals surface area contributed by atoms with Gasteiger partial charge >= 0.3 is 6.18 Å². The van der Waals surface area contributed by atoms with Gasteiger partial charge in [0.25, 0.3) is 0 Å². The lowest BCUT2D eigenvalue weighted by molar-refractivity contribution is -0.137. The second kappa shape index (κ2) is 5.40. The molecule has 6 heteroatoms. The quantitative estimate of drug-likeness (QED) is 0.625. The van der Waals surface area contributed by atoms with Gasteiger partial charge in [0.1, 0.15) is 5.69 Å². The zero-order valence-corrected chi connectivity index (χ0v) is 10.3. The third kappa shape index (κ3) is 3.54.